The number of aromatic carboxylic acids is 1. The van der Waals surface area contributed by atoms with Crippen LogP contribution >= 0.6 is 11.3 Å². The van der Waals surface area contributed by atoms with Gasteiger partial charge < -0.3 is 14.4 Å². The zero-order valence-corrected chi connectivity index (χ0v) is 12.4. The lowest BCUT2D eigenvalue weighted by atomic mass is 10.2. The first-order chi connectivity index (χ1) is 10.2. The van der Waals surface area contributed by atoms with Gasteiger partial charge in [0.1, 0.15) is 10.6 Å². The van der Waals surface area contributed by atoms with Crippen molar-refractivity contribution in [2.45, 2.75) is 13.5 Å². The minimum atomic E-state index is -0.870. The lowest BCUT2D eigenvalue weighted by molar-refractivity contribution is 0.0702. The fraction of sp³-hybridized carbons (Fsp3) is 0.188. The topological polar surface area (TPSA) is 51.5 Å². The van der Waals surface area contributed by atoms with Gasteiger partial charge in [-0.1, -0.05) is 0 Å². The standard InChI is InChI=1S/C16H15NO3S/c1-2-20-12-3-5-14-11(9-12)7-8-17(14)10-13-4-6-15(21-13)16(18)19/h3-9H,2,10H2,1H3,(H,18,19). The van der Waals surface area contributed by atoms with Crippen LogP contribution in [0.2, 0.25) is 0 Å². The van der Waals surface area contributed by atoms with Crippen molar-refractivity contribution < 1.29 is 14.6 Å². The number of benzene rings is 1. The van der Waals surface area contributed by atoms with E-state index >= 15 is 0 Å². The maximum atomic E-state index is 10.9. The summed E-state index contributed by atoms with van der Waals surface area (Å²) in [6.07, 6.45) is 2.01. The number of carbonyl (C=O) groups is 1. The number of ether oxygens (including phenoxy) is 1. The largest absolute Gasteiger partial charge is 0.494 e. The molecular weight excluding hydrogens is 286 g/mol. The Kier molecular flexibility index (Phi) is 3.66. The molecule has 5 heteroatoms. The van der Waals surface area contributed by atoms with Gasteiger partial charge in [-0.2, -0.15) is 0 Å². The van der Waals surface area contributed by atoms with E-state index < -0.39 is 5.97 Å². The van der Waals surface area contributed by atoms with E-state index in [4.69, 9.17) is 9.84 Å². The van der Waals surface area contributed by atoms with Crippen LogP contribution in [0.15, 0.2) is 42.6 Å². The monoisotopic (exact) mass is 301 g/mol. The molecule has 0 saturated heterocycles. The summed E-state index contributed by atoms with van der Waals surface area (Å²) in [5.41, 5.74) is 1.11. The van der Waals surface area contributed by atoms with E-state index in [9.17, 15) is 4.79 Å². The van der Waals surface area contributed by atoms with Gasteiger partial charge in [0.15, 0.2) is 0 Å². The van der Waals surface area contributed by atoms with Gasteiger partial charge in [-0.05, 0) is 43.3 Å². The summed E-state index contributed by atoms with van der Waals surface area (Å²) < 4.78 is 7.61. The van der Waals surface area contributed by atoms with Crippen LogP contribution in [-0.4, -0.2) is 22.2 Å². The number of hydrogen-bond donors (Lipinski definition) is 1. The predicted molar refractivity (Wildman–Crippen MR) is 83.5 cm³/mol. The normalized spacial score (nSPS) is 10.9. The molecule has 4 nitrogen and oxygen atoms in total. The quantitative estimate of drug-likeness (QED) is 0.779. The highest BCUT2D eigenvalue weighted by molar-refractivity contribution is 7.13. The van der Waals surface area contributed by atoms with E-state index in [2.05, 4.69) is 4.57 Å². The lowest BCUT2D eigenvalue weighted by Gasteiger charge is -2.05. The summed E-state index contributed by atoms with van der Waals surface area (Å²) in [6.45, 7) is 3.29. The van der Waals surface area contributed by atoms with E-state index in [1.165, 1.54) is 11.3 Å². The van der Waals surface area contributed by atoms with Crippen molar-refractivity contribution in [2.75, 3.05) is 6.61 Å². The summed E-state index contributed by atoms with van der Waals surface area (Å²) in [7, 11) is 0. The van der Waals surface area contributed by atoms with Crippen LogP contribution < -0.4 is 4.74 Å². The van der Waals surface area contributed by atoms with Gasteiger partial charge in [0.05, 0.1) is 13.2 Å². The first-order valence-electron chi connectivity index (χ1n) is 6.71. The highest BCUT2D eigenvalue weighted by Gasteiger charge is 2.09. The summed E-state index contributed by atoms with van der Waals surface area (Å²) in [5, 5.41) is 10.1. The molecular formula is C16H15NO3S. The number of rotatable bonds is 5. The molecule has 0 aliphatic heterocycles. The Balaban J connectivity index is 1.88. The SMILES string of the molecule is CCOc1ccc2c(ccn2Cc2ccc(C(=O)O)s2)c1. The van der Waals surface area contributed by atoms with Crippen LogP contribution in [-0.2, 0) is 6.54 Å². The van der Waals surface area contributed by atoms with E-state index in [1.807, 2.05) is 43.5 Å². The number of nitrogens with zero attached hydrogens (tertiary/aromatic N) is 1. The van der Waals surface area contributed by atoms with Crippen molar-refractivity contribution >= 4 is 28.2 Å². The second kappa shape index (κ2) is 5.61. The number of carboxylic acids is 1. The number of aromatic nitrogens is 1. The van der Waals surface area contributed by atoms with Crippen LogP contribution in [0.5, 0.6) is 5.75 Å². The van der Waals surface area contributed by atoms with Crippen molar-refractivity contribution in [2.24, 2.45) is 0 Å². The molecule has 0 bridgehead atoms. The minimum absolute atomic E-state index is 0.375. The second-order valence-corrected chi connectivity index (χ2v) is 5.84. The average molecular weight is 301 g/mol. The Morgan fingerprint density at radius 3 is 2.86 bits per heavy atom. The van der Waals surface area contributed by atoms with Gasteiger partial charge >= 0.3 is 5.97 Å². The molecule has 2 aromatic heterocycles. The van der Waals surface area contributed by atoms with Crippen molar-refractivity contribution in [3.05, 3.63) is 52.3 Å². The first-order valence-corrected chi connectivity index (χ1v) is 7.52. The third-order valence-corrected chi connectivity index (χ3v) is 4.31. The van der Waals surface area contributed by atoms with Crippen LogP contribution in [0, 0.1) is 0 Å². The summed E-state index contributed by atoms with van der Waals surface area (Å²) in [4.78, 5) is 12.3. The highest BCUT2D eigenvalue weighted by atomic mass is 32.1. The number of thiophene rings is 1. The maximum absolute atomic E-state index is 10.9. The van der Waals surface area contributed by atoms with Crippen molar-refractivity contribution in [1.82, 2.24) is 4.57 Å². The molecule has 1 aromatic carbocycles. The molecule has 0 unspecified atom stereocenters. The van der Waals surface area contributed by atoms with Gasteiger partial charge in [0, 0.05) is 22.0 Å². The van der Waals surface area contributed by atoms with Crippen molar-refractivity contribution in [3.8, 4) is 5.75 Å². The Bertz CT molecular complexity index is 788. The zero-order valence-electron chi connectivity index (χ0n) is 11.6. The van der Waals surface area contributed by atoms with E-state index in [0.29, 0.717) is 18.0 Å². The average Bonchev–Trinajstić information content (AvgIpc) is 3.07. The summed E-state index contributed by atoms with van der Waals surface area (Å²) in [6, 6.07) is 11.6. The Labute approximate surface area is 126 Å². The molecule has 0 amide bonds. The zero-order chi connectivity index (χ0) is 14.8. The third kappa shape index (κ3) is 2.78. The molecule has 0 spiro atoms. The molecule has 1 N–H and O–H groups in total. The van der Waals surface area contributed by atoms with Crippen molar-refractivity contribution in [1.29, 1.82) is 0 Å². The van der Waals surface area contributed by atoms with E-state index in [0.717, 1.165) is 21.5 Å². The van der Waals surface area contributed by atoms with Crippen LogP contribution in [0.25, 0.3) is 10.9 Å². The molecule has 0 fully saturated rings. The molecule has 0 radical (unpaired) electrons. The Morgan fingerprint density at radius 1 is 1.29 bits per heavy atom. The van der Waals surface area contributed by atoms with Gasteiger partial charge in [-0.15, -0.1) is 11.3 Å². The number of carboxylic acid groups (broad SMARTS) is 1. The summed E-state index contributed by atoms with van der Waals surface area (Å²) >= 11 is 1.31. The fourth-order valence-corrected chi connectivity index (χ4v) is 3.16. The molecule has 108 valence electrons. The van der Waals surface area contributed by atoms with Crippen molar-refractivity contribution in [3.63, 3.8) is 0 Å². The molecule has 0 saturated carbocycles. The number of fused-ring (bicyclic) bond motifs is 1. The Morgan fingerprint density at radius 2 is 2.14 bits per heavy atom. The smallest absolute Gasteiger partial charge is 0.345 e. The molecule has 3 rings (SSSR count). The predicted octanol–water partition coefficient (Wildman–Crippen LogP) is 3.85. The van der Waals surface area contributed by atoms with E-state index in [1.54, 1.807) is 6.07 Å². The van der Waals surface area contributed by atoms with Gasteiger partial charge in [-0.25, -0.2) is 4.79 Å². The first kappa shape index (κ1) is 13.7. The molecule has 0 atom stereocenters. The molecule has 3 aromatic rings. The van der Waals surface area contributed by atoms with Gasteiger partial charge in [0.25, 0.3) is 0 Å². The Hall–Kier alpha value is -2.27. The van der Waals surface area contributed by atoms with E-state index in [-0.39, 0.29) is 0 Å². The molecule has 0 aliphatic carbocycles. The molecule has 0 aliphatic rings. The van der Waals surface area contributed by atoms with Crippen LogP contribution in [0.3, 0.4) is 0 Å². The number of hydrogen-bond acceptors (Lipinski definition) is 3. The lowest BCUT2D eigenvalue weighted by Crippen LogP contribution is -1.96. The maximum Gasteiger partial charge on any atom is 0.345 e. The molecule has 2 heterocycles. The van der Waals surface area contributed by atoms with Crippen LogP contribution in [0.1, 0.15) is 21.5 Å². The molecule has 21 heavy (non-hydrogen) atoms. The minimum Gasteiger partial charge on any atom is -0.494 e. The second-order valence-electron chi connectivity index (χ2n) is 4.67. The van der Waals surface area contributed by atoms with Gasteiger partial charge in [0.2, 0.25) is 0 Å². The third-order valence-electron chi connectivity index (χ3n) is 3.25. The highest BCUT2D eigenvalue weighted by Crippen LogP contribution is 2.24. The fourth-order valence-electron chi connectivity index (χ4n) is 2.32. The van der Waals surface area contributed by atoms with Crippen LogP contribution in [0.4, 0.5) is 0 Å². The van der Waals surface area contributed by atoms with Gasteiger partial charge in [-0.3, -0.25) is 0 Å². The summed E-state index contributed by atoms with van der Waals surface area (Å²) in [5.74, 6) is -0.00277.